The first-order valence-corrected chi connectivity index (χ1v) is 6.20. The Morgan fingerprint density at radius 2 is 1.90 bits per heavy atom. The number of hydrogen-bond donors (Lipinski definition) is 3. The lowest BCUT2D eigenvalue weighted by atomic mass is 10.1. The molecule has 1 aromatic carbocycles. The molecule has 6 heteroatoms. The first-order chi connectivity index (χ1) is 9.43. The van der Waals surface area contributed by atoms with E-state index in [1.54, 1.807) is 38.1 Å². The van der Waals surface area contributed by atoms with Crippen molar-refractivity contribution in [2.45, 2.75) is 26.3 Å². The van der Waals surface area contributed by atoms with E-state index < -0.39 is 18.0 Å². The van der Waals surface area contributed by atoms with Gasteiger partial charge in [0.05, 0.1) is 12.5 Å². The van der Waals surface area contributed by atoms with Crippen molar-refractivity contribution in [3.63, 3.8) is 0 Å². The number of nitriles is 1. The first kappa shape index (κ1) is 15.5. The number of carboxylic acids is 1. The van der Waals surface area contributed by atoms with Crippen LogP contribution in [0.25, 0.3) is 0 Å². The van der Waals surface area contributed by atoms with Gasteiger partial charge in [0.2, 0.25) is 0 Å². The molecule has 1 unspecified atom stereocenters. The van der Waals surface area contributed by atoms with E-state index in [2.05, 4.69) is 10.6 Å². The molecule has 0 saturated carbocycles. The van der Waals surface area contributed by atoms with Gasteiger partial charge in [-0.25, -0.2) is 9.59 Å². The second kappa shape index (κ2) is 7.14. The van der Waals surface area contributed by atoms with Crippen LogP contribution in [0.1, 0.15) is 19.4 Å². The second-order valence-electron chi connectivity index (χ2n) is 4.69. The van der Waals surface area contributed by atoms with Crippen LogP contribution in [0.3, 0.4) is 0 Å². The van der Waals surface area contributed by atoms with E-state index in [0.717, 1.165) is 5.56 Å². The smallest absolute Gasteiger partial charge is 0.326 e. The molecule has 1 rings (SSSR count). The second-order valence-corrected chi connectivity index (χ2v) is 4.69. The molecule has 6 nitrogen and oxygen atoms in total. The van der Waals surface area contributed by atoms with Crippen molar-refractivity contribution < 1.29 is 14.7 Å². The SMILES string of the molecule is CC(C)C(NC(=O)Nc1ccc(CC#N)cc1)C(=O)O. The summed E-state index contributed by atoms with van der Waals surface area (Å²) in [5, 5.41) is 22.5. The quantitative estimate of drug-likeness (QED) is 0.764. The van der Waals surface area contributed by atoms with Gasteiger partial charge in [0.1, 0.15) is 6.04 Å². The zero-order chi connectivity index (χ0) is 15.1. The van der Waals surface area contributed by atoms with Gasteiger partial charge < -0.3 is 15.7 Å². The molecule has 0 aliphatic carbocycles. The first-order valence-electron chi connectivity index (χ1n) is 6.20. The van der Waals surface area contributed by atoms with Gasteiger partial charge in [0, 0.05) is 5.69 Å². The number of amides is 2. The Kier molecular flexibility index (Phi) is 5.54. The highest BCUT2D eigenvalue weighted by Gasteiger charge is 2.23. The highest BCUT2D eigenvalue weighted by atomic mass is 16.4. The normalized spacial score (nSPS) is 11.5. The summed E-state index contributed by atoms with van der Waals surface area (Å²) < 4.78 is 0. The van der Waals surface area contributed by atoms with Crippen molar-refractivity contribution in [3.05, 3.63) is 29.8 Å². The maximum Gasteiger partial charge on any atom is 0.326 e. The molecule has 0 aliphatic rings. The lowest BCUT2D eigenvalue weighted by Crippen LogP contribution is -2.46. The number of rotatable bonds is 5. The molecule has 106 valence electrons. The monoisotopic (exact) mass is 275 g/mol. The molecule has 0 heterocycles. The molecule has 0 radical (unpaired) electrons. The largest absolute Gasteiger partial charge is 0.480 e. The summed E-state index contributed by atoms with van der Waals surface area (Å²) in [6, 6.07) is 7.32. The van der Waals surface area contributed by atoms with Crippen molar-refractivity contribution in [2.75, 3.05) is 5.32 Å². The van der Waals surface area contributed by atoms with Gasteiger partial charge in [-0.3, -0.25) is 0 Å². The van der Waals surface area contributed by atoms with Crippen molar-refractivity contribution in [1.29, 1.82) is 5.26 Å². The Hall–Kier alpha value is -2.55. The van der Waals surface area contributed by atoms with Crippen LogP contribution in [0.2, 0.25) is 0 Å². The summed E-state index contributed by atoms with van der Waals surface area (Å²) in [7, 11) is 0. The van der Waals surface area contributed by atoms with Gasteiger partial charge >= 0.3 is 12.0 Å². The summed E-state index contributed by atoms with van der Waals surface area (Å²) in [4.78, 5) is 22.7. The fourth-order valence-corrected chi connectivity index (χ4v) is 1.62. The average Bonchev–Trinajstić information content (AvgIpc) is 2.38. The van der Waals surface area contributed by atoms with Crippen LogP contribution < -0.4 is 10.6 Å². The van der Waals surface area contributed by atoms with Crippen LogP contribution in [0.4, 0.5) is 10.5 Å². The van der Waals surface area contributed by atoms with Crippen molar-refractivity contribution in [3.8, 4) is 6.07 Å². The highest BCUT2D eigenvalue weighted by Crippen LogP contribution is 2.10. The number of aliphatic carboxylic acids is 1. The number of carboxylic acid groups (broad SMARTS) is 1. The van der Waals surface area contributed by atoms with E-state index in [1.165, 1.54) is 0 Å². The van der Waals surface area contributed by atoms with Crippen LogP contribution >= 0.6 is 0 Å². The zero-order valence-electron chi connectivity index (χ0n) is 11.4. The molecule has 2 amide bonds. The van der Waals surface area contributed by atoms with Gasteiger partial charge in [-0.15, -0.1) is 0 Å². The fourth-order valence-electron chi connectivity index (χ4n) is 1.62. The lowest BCUT2D eigenvalue weighted by Gasteiger charge is -2.18. The molecule has 0 aromatic heterocycles. The Bertz CT molecular complexity index is 517. The summed E-state index contributed by atoms with van der Waals surface area (Å²) in [5.74, 6) is -1.28. The minimum absolute atomic E-state index is 0.212. The van der Waals surface area contributed by atoms with Crippen molar-refractivity contribution in [1.82, 2.24) is 5.32 Å². The third-order valence-corrected chi connectivity index (χ3v) is 2.71. The summed E-state index contributed by atoms with van der Waals surface area (Å²) in [6.45, 7) is 3.44. The van der Waals surface area contributed by atoms with Gasteiger partial charge in [0.25, 0.3) is 0 Å². The zero-order valence-corrected chi connectivity index (χ0v) is 11.4. The topological polar surface area (TPSA) is 102 Å². The predicted octanol–water partition coefficient (Wildman–Crippen LogP) is 1.98. The van der Waals surface area contributed by atoms with E-state index in [4.69, 9.17) is 10.4 Å². The van der Waals surface area contributed by atoms with Crippen LogP contribution in [0.5, 0.6) is 0 Å². The number of carbonyl (C=O) groups is 2. The van der Waals surface area contributed by atoms with E-state index in [-0.39, 0.29) is 5.92 Å². The van der Waals surface area contributed by atoms with E-state index in [1.807, 2.05) is 6.07 Å². The Labute approximate surface area is 117 Å². The summed E-state index contributed by atoms with van der Waals surface area (Å²) in [5.41, 5.74) is 1.39. The Morgan fingerprint density at radius 1 is 1.30 bits per heavy atom. The molecule has 0 aliphatic heterocycles. The van der Waals surface area contributed by atoms with E-state index in [9.17, 15) is 9.59 Å². The maximum atomic E-state index is 11.7. The summed E-state index contributed by atoms with van der Waals surface area (Å²) in [6.07, 6.45) is 0.306. The minimum atomic E-state index is -1.07. The maximum absolute atomic E-state index is 11.7. The molecular weight excluding hydrogens is 258 g/mol. The standard InChI is InChI=1S/C14H17N3O3/c1-9(2)12(13(18)19)17-14(20)16-11-5-3-10(4-6-11)7-8-15/h3-6,9,12H,7H2,1-2H3,(H,18,19)(H2,16,17,20). The number of nitrogens with zero attached hydrogens (tertiary/aromatic N) is 1. The fraction of sp³-hybridized carbons (Fsp3) is 0.357. The Balaban J connectivity index is 2.62. The molecule has 0 bridgehead atoms. The van der Waals surface area contributed by atoms with Gasteiger partial charge in [-0.2, -0.15) is 5.26 Å². The van der Waals surface area contributed by atoms with Crippen LogP contribution in [-0.4, -0.2) is 23.1 Å². The van der Waals surface area contributed by atoms with Gasteiger partial charge in [-0.05, 0) is 23.6 Å². The van der Waals surface area contributed by atoms with E-state index >= 15 is 0 Å². The van der Waals surface area contributed by atoms with Gasteiger partial charge in [0.15, 0.2) is 0 Å². The van der Waals surface area contributed by atoms with Crippen LogP contribution in [0, 0.1) is 17.2 Å². The van der Waals surface area contributed by atoms with Crippen LogP contribution in [-0.2, 0) is 11.2 Å². The number of nitrogens with one attached hydrogen (secondary N) is 2. The molecule has 0 spiro atoms. The molecule has 0 fully saturated rings. The average molecular weight is 275 g/mol. The Morgan fingerprint density at radius 3 is 2.35 bits per heavy atom. The molecule has 3 N–H and O–H groups in total. The lowest BCUT2D eigenvalue weighted by molar-refractivity contribution is -0.140. The molecule has 0 saturated heterocycles. The minimum Gasteiger partial charge on any atom is -0.480 e. The summed E-state index contributed by atoms with van der Waals surface area (Å²) >= 11 is 0. The van der Waals surface area contributed by atoms with Crippen LogP contribution in [0.15, 0.2) is 24.3 Å². The van der Waals surface area contributed by atoms with Crippen molar-refractivity contribution in [2.24, 2.45) is 5.92 Å². The number of carbonyl (C=O) groups excluding carboxylic acids is 1. The third kappa shape index (κ3) is 4.61. The molecular formula is C14H17N3O3. The predicted molar refractivity (Wildman–Crippen MR) is 74.2 cm³/mol. The molecule has 1 atom stereocenters. The molecule has 1 aromatic rings. The number of benzene rings is 1. The highest BCUT2D eigenvalue weighted by molar-refractivity contribution is 5.92. The number of urea groups is 1. The third-order valence-electron chi connectivity index (χ3n) is 2.71. The molecule has 20 heavy (non-hydrogen) atoms. The number of anilines is 1. The van der Waals surface area contributed by atoms with E-state index in [0.29, 0.717) is 12.1 Å². The van der Waals surface area contributed by atoms with Crippen molar-refractivity contribution >= 4 is 17.7 Å². The van der Waals surface area contributed by atoms with Gasteiger partial charge in [-0.1, -0.05) is 26.0 Å². The number of hydrogen-bond acceptors (Lipinski definition) is 3.